The fourth-order valence-electron chi connectivity index (χ4n) is 5.65. The summed E-state index contributed by atoms with van der Waals surface area (Å²) in [5, 5.41) is 6.79. The van der Waals surface area contributed by atoms with E-state index in [2.05, 4.69) is 36.6 Å². The van der Waals surface area contributed by atoms with E-state index in [0.717, 1.165) is 45.4 Å². The maximum absolute atomic E-state index is 13.7. The summed E-state index contributed by atoms with van der Waals surface area (Å²) in [5.74, 6) is 3.64. The molecule has 0 aromatic heterocycles. The molecule has 0 radical (unpaired) electrons. The van der Waals surface area contributed by atoms with Gasteiger partial charge < -0.3 is 20.1 Å². The van der Waals surface area contributed by atoms with Gasteiger partial charge in [0.2, 0.25) is 0 Å². The first-order valence-electron chi connectivity index (χ1n) is 14.9. The van der Waals surface area contributed by atoms with Gasteiger partial charge >= 0.3 is 5.97 Å². The molecule has 0 bridgehead atoms. The van der Waals surface area contributed by atoms with E-state index >= 15 is 0 Å². The predicted molar refractivity (Wildman–Crippen MR) is 174 cm³/mol. The summed E-state index contributed by atoms with van der Waals surface area (Å²) in [7, 11) is 3.00. The van der Waals surface area contributed by atoms with Gasteiger partial charge in [-0.25, -0.2) is 4.79 Å². The molecule has 226 valence electrons. The molecule has 0 aliphatic heterocycles. The third-order valence-corrected chi connectivity index (χ3v) is 9.64. The highest BCUT2D eigenvalue weighted by Gasteiger charge is 2.26. The zero-order chi connectivity index (χ0) is 29.6. The molecule has 0 spiro atoms. The lowest BCUT2D eigenvalue weighted by atomic mass is 9.85. The van der Waals surface area contributed by atoms with Crippen molar-refractivity contribution in [2.24, 2.45) is 5.92 Å². The molecule has 3 rings (SSSR count). The number of amides is 1. The molecule has 6 nitrogen and oxygen atoms in total. The Morgan fingerprint density at radius 2 is 1.83 bits per heavy atom. The molecular formula is C33H48N2O4S2. The number of aryl methyl sites for hydroxylation is 1. The van der Waals surface area contributed by atoms with Gasteiger partial charge in [0.1, 0.15) is 11.8 Å². The Morgan fingerprint density at radius 3 is 2.49 bits per heavy atom. The van der Waals surface area contributed by atoms with Crippen LogP contribution in [0.4, 0.5) is 0 Å². The summed E-state index contributed by atoms with van der Waals surface area (Å²) in [6.45, 7) is 4.93. The fourth-order valence-corrected chi connectivity index (χ4v) is 6.90. The number of benzene rings is 2. The topological polar surface area (TPSA) is 76.7 Å². The van der Waals surface area contributed by atoms with Gasteiger partial charge in [0.05, 0.1) is 19.8 Å². The van der Waals surface area contributed by atoms with Crippen LogP contribution in [0, 0.1) is 12.8 Å². The van der Waals surface area contributed by atoms with Crippen LogP contribution in [0.15, 0.2) is 36.4 Å². The molecule has 41 heavy (non-hydrogen) atoms. The average molecular weight is 601 g/mol. The van der Waals surface area contributed by atoms with E-state index in [-0.39, 0.29) is 5.91 Å². The summed E-state index contributed by atoms with van der Waals surface area (Å²) in [5.41, 5.74) is 4.40. The van der Waals surface area contributed by atoms with Gasteiger partial charge in [-0.15, -0.1) is 0 Å². The summed E-state index contributed by atoms with van der Waals surface area (Å²) >= 11 is 3.61. The lowest BCUT2D eigenvalue weighted by Gasteiger charge is -2.27. The smallest absolute Gasteiger partial charge is 0.328 e. The van der Waals surface area contributed by atoms with Crippen LogP contribution in [0.25, 0.3) is 11.1 Å². The van der Waals surface area contributed by atoms with Crippen molar-refractivity contribution < 1.29 is 19.1 Å². The van der Waals surface area contributed by atoms with Crippen molar-refractivity contribution in [1.29, 1.82) is 0 Å². The number of rotatable bonds is 16. The lowest BCUT2D eigenvalue weighted by molar-refractivity contribution is -0.142. The van der Waals surface area contributed by atoms with Gasteiger partial charge in [0.25, 0.3) is 5.91 Å². The second kappa shape index (κ2) is 17.7. The van der Waals surface area contributed by atoms with Crippen molar-refractivity contribution >= 4 is 35.4 Å². The minimum absolute atomic E-state index is 0.313. The third-order valence-electron chi connectivity index (χ3n) is 7.95. The molecule has 2 N–H and O–H groups in total. The standard InChI is InChI=1S/C33H48N2O4S2/c1-6-41-22-26(18-24-13-8-7-9-14-24)34-21-25-19-28(27-15-11-10-12-23(27)2)29(20-31(25)38-3)32(36)35-30(16-17-40-5)33(37)39-4/h10-12,15,19-20,24,26,30,34H,6-9,13-14,16-18,21-22H2,1-5H3,(H,35,36)/t26-,30-/m0/s1. The molecule has 1 amide bonds. The number of ether oxygens (including phenoxy) is 2. The normalized spacial score (nSPS) is 15.2. The summed E-state index contributed by atoms with van der Waals surface area (Å²) in [6.07, 6.45) is 10.4. The first-order chi connectivity index (χ1) is 19.9. The van der Waals surface area contributed by atoms with Crippen molar-refractivity contribution in [3.63, 3.8) is 0 Å². The number of hydrogen-bond donors (Lipinski definition) is 2. The fraction of sp³-hybridized carbons (Fsp3) is 0.576. The van der Waals surface area contributed by atoms with Crippen LogP contribution < -0.4 is 15.4 Å². The largest absolute Gasteiger partial charge is 0.496 e. The number of nitrogens with one attached hydrogen (secondary N) is 2. The van der Waals surface area contributed by atoms with E-state index in [1.54, 1.807) is 18.9 Å². The molecule has 0 unspecified atom stereocenters. The number of carbonyl (C=O) groups excluding carboxylic acids is 2. The summed E-state index contributed by atoms with van der Waals surface area (Å²) in [4.78, 5) is 26.2. The van der Waals surface area contributed by atoms with Crippen molar-refractivity contribution in [2.75, 3.05) is 37.7 Å². The monoisotopic (exact) mass is 600 g/mol. The number of esters is 1. The third kappa shape index (κ3) is 9.97. The number of hydrogen-bond acceptors (Lipinski definition) is 7. The highest BCUT2D eigenvalue weighted by atomic mass is 32.2. The minimum atomic E-state index is -0.714. The molecule has 0 heterocycles. The van der Waals surface area contributed by atoms with Crippen molar-refractivity contribution in [2.45, 2.75) is 77.4 Å². The van der Waals surface area contributed by atoms with E-state index < -0.39 is 12.0 Å². The van der Waals surface area contributed by atoms with Gasteiger partial charge in [-0.2, -0.15) is 23.5 Å². The highest BCUT2D eigenvalue weighted by Crippen LogP contribution is 2.34. The first kappa shape index (κ1) is 33.3. The van der Waals surface area contributed by atoms with Crippen molar-refractivity contribution in [3.8, 4) is 16.9 Å². The Kier molecular flexibility index (Phi) is 14.4. The van der Waals surface area contributed by atoms with Crippen LogP contribution in [0.1, 0.15) is 73.4 Å². The zero-order valence-corrected chi connectivity index (χ0v) is 27.1. The second-order valence-corrected chi connectivity index (χ2v) is 13.1. The number of thioether (sulfide) groups is 2. The molecular weight excluding hydrogens is 553 g/mol. The molecule has 2 atom stereocenters. The van der Waals surface area contributed by atoms with E-state index in [1.165, 1.54) is 45.6 Å². The van der Waals surface area contributed by atoms with Gasteiger partial charge in [-0.1, -0.05) is 63.3 Å². The summed E-state index contributed by atoms with van der Waals surface area (Å²) < 4.78 is 10.8. The molecule has 1 fully saturated rings. The van der Waals surface area contributed by atoms with Gasteiger partial charge in [0, 0.05) is 23.9 Å². The molecule has 1 aliphatic carbocycles. The van der Waals surface area contributed by atoms with Crippen LogP contribution in [0.5, 0.6) is 5.75 Å². The molecule has 2 aromatic carbocycles. The van der Waals surface area contributed by atoms with Crippen molar-refractivity contribution in [3.05, 3.63) is 53.1 Å². The maximum Gasteiger partial charge on any atom is 0.328 e. The Bertz CT molecular complexity index is 1120. The van der Waals surface area contributed by atoms with Crippen LogP contribution in [0.3, 0.4) is 0 Å². The first-order valence-corrected chi connectivity index (χ1v) is 17.4. The van der Waals surface area contributed by atoms with Gasteiger partial charge in [-0.05, 0) is 72.3 Å². The molecule has 0 saturated heterocycles. The number of methoxy groups -OCH3 is 2. The van der Waals surface area contributed by atoms with Crippen molar-refractivity contribution in [1.82, 2.24) is 10.6 Å². The van der Waals surface area contributed by atoms with Gasteiger partial charge in [-0.3, -0.25) is 4.79 Å². The Labute approximate surface area is 255 Å². The zero-order valence-electron chi connectivity index (χ0n) is 25.4. The quantitative estimate of drug-likeness (QED) is 0.204. The SMILES string of the molecule is CCSC[C@H](CC1CCCCC1)NCc1cc(-c2ccccc2C)c(C(=O)N[C@@H](CCSC)C(=O)OC)cc1OC. The van der Waals surface area contributed by atoms with E-state index in [1.807, 2.05) is 42.3 Å². The maximum atomic E-state index is 13.7. The highest BCUT2D eigenvalue weighted by molar-refractivity contribution is 7.99. The minimum Gasteiger partial charge on any atom is -0.496 e. The Hall–Kier alpha value is -2.16. The predicted octanol–water partition coefficient (Wildman–Crippen LogP) is 6.88. The second-order valence-electron chi connectivity index (χ2n) is 10.8. The molecule has 1 aliphatic rings. The van der Waals surface area contributed by atoms with Crippen LogP contribution in [-0.2, 0) is 16.1 Å². The number of carbonyl (C=O) groups is 2. The van der Waals surface area contributed by atoms with Crippen LogP contribution >= 0.6 is 23.5 Å². The van der Waals surface area contributed by atoms with E-state index in [0.29, 0.717) is 30.3 Å². The van der Waals surface area contributed by atoms with Crippen LogP contribution in [-0.4, -0.2) is 61.7 Å². The summed E-state index contributed by atoms with van der Waals surface area (Å²) in [6, 6.07) is 11.7. The van der Waals surface area contributed by atoms with E-state index in [4.69, 9.17) is 9.47 Å². The van der Waals surface area contributed by atoms with Crippen LogP contribution in [0.2, 0.25) is 0 Å². The Balaban J connectivity index is 1.93. The molecule has 1 saturated carbocycles. The van der Waals surface area contributed by atoms with Gasteiger partial charge in [0.15, 0.2) is 0 Å². The van der Waals surface area contributed by atoms with E-state index in [9.17, 15) is 9.59 Å². The average Bonchev–Trinajstić information content (AvgIpc) is 3.00. The lowest BCUT2D eigenvalue weighted by Crippen LogP contribution is -2.42. The molecule has 8 heteroatoms. The molecule has 2 aromatic rings. The Morgan fingerprint density at radius 1 is 1.07 bits per heavy atom.